The lowest BCUT2D eigenvalue weighted by Gasteiger charge is -2.65. The van der Waals surface area contributed by atoms with Crippen LogP contribution in [0.5, 0.6) is 0 Å². The van der Waals surface area contributed by atoms with Crippen molar-refractivity contribution in [2.24, 2.45) is 22.7 Å². The summed E-state index contributed by atoms with van der Waals surface area (Å²) in [6, 6.07) is 15.5. The second-order valence-corrected chi connectivity index (χ2v) is 16.2. The molecule has 3 fully saturated rings. The second kappa shape index (κ2) is 15.3. The Morgan fingerprint density at radius 2 is 1.57 bits per heavy atom. The fraction of sp³-hybridized carbons (Fsp3) is 0.512. The molecule has 0 aromatic heterocycles. The first-order valence-corrected chi connectivity index (χ1v) is 19.0. The van der Waals surface area contributed by atoms with Gasteiger partial charge in [0.15, 0.2) is 17.5 Å². The number of amides is 1. The highest BCUT2D eigenvalue weighted by Gasteiger charge is 2.75. The average molecular weight is 774 g/mol. The Kier molecular flexibility index (Phi) is 11.2. The normalized spacial score (nSPS) is 33.2. The highest BCUT2D eigenvalue weighted by Crippen LogP contribution is 2.63. The molecule has 1 amide bonds. The summed E-state index contributed by atoms with van der Waals surface area (Å²) in [6.07, 6.45) is -6.93. The van der Waals surface area contributed by atoms with Crippen LogP contribution in [0.15, 0.2) is 83.5 Å². The number of ether oxygens (including phenoxy) is 4. The number of ketones is 1. The van der Waals surface area contributed by atoms with Gasteiger partial charge in [-0.3, -0.25) is 14.4 Å². The smallest absolute Gasteiger partial charge is 0.338 e. The van der Waals surface area contributed by atoms with Crippen LogP contribution in [0.3, 0.4) is 0 Å². The third kappa shape index (κ3) is 6.78. The number of carbonyl (C=O) groups excluding carboxylic acids is 5. The van der Waals surface area contributed by atoms with Gasteiger partial charge in [0.05, 0.1) is 35.6 Å². The van der Waals surface area contributed by atoms with Gasteiger partial charge in [-0.15, -0.1) is 0 Å². The summed E-state index contributed by atoms with van der Waals surface area (Å²) in [6.45, 7) is 11.1. The maximum Gasteiger partial charge on any atom is 0.338 e. The molecule has 2 aromatic carbocycles. The first-order chi connectivity index (χ1) is 26.4. The molecule has 300 valence electrons. The molecule has 0 radical (unpaired) electrons. The molecule has 0 spiro atoms. The molecular weight excluding hydrogens is 722 g/mol. The molecule has 1 heterocycles. The number of benzene rings is 2. The van der Waals surface area contributed by atoms with Crippen molar-refractivity contribution in [1.29, 1.82) is 0 Å². The Balaban J connectivity index is 1.47. The minimum atomic E-state index is -1.89. The highest BCUT2D eigenvalue weighted by atomic mass is 16.6. The number of carbonyl (C=O) groups is 5. The molecule has 13 heteroatoms. The van der Waals surface area contributed by atoms with Crippen LogP contribution >= 0.6 is 0 Å². The Labute approximate surface area is 326 Å². The van der Waals surface area contributed by atoms with E-state index in [9.17, 15) is 39.3 Å². The molecule has 2 saturated carbocycles. The number of allylic oxidation sites excluding steroid dienone is 1. The third-order valence-corrected chi connectivity index (χ3v) is 12.8. The van der Waals surface area contributed by atoms with Crippen LogP contribution in [0.1, 0.15) is 83.3 Å². The lowest BCUT2D eigenvalue weighted by molar-refractivity contribution is -0.335. The van der Waals surface area contributed by atoms with Gasteiger partial charge in [0.2, 0.25) is 5.91 Å². The number of esters is 3. The predicted molar refractivity (Wildman–Crippen MR) is 200 cm³/mol. The maximum absolute atomic E-state index is 14.9. The number of rotatable bonds is 9. The lowest BCUT2D eigenvalue weighted by Crippen LogP contribution is -2.79. The SMILES string of the molecule is C/C=C(\C)C(=O)N[C@@H](c1ccccc1)[C@@H](O)C(=O)O[C@H]1C[C@H]2[C@@H](OC(=O)c3ccccc3)[C@@H]3[C@]4(OC(C)=O)CO[C@@H]4C[C@H](O)[C@@]3(C)C(=O)[C@H](O)C(=C1C)C2(C)C. The molecule has 4 aliphatic rings. The van der Waals surface area contributed by atoms with Crippen molar-refractivity contribution in [3.8, 4) is 0 Å². The van der Waals surface area contributed by atoms with Crippen molar-refractivity contribution < 1.29 is 58.2 Å². The number of aliphatic hydroxyl groups excluding tert-OH is 3. The molecule has 1 aliphatic heterocycles. The Hall–Kier alpha value is -4.69. The average Bonchev–Trinajstić information content (AvgIpc) is 3.17. The van der Waals surface area contributed by atoms with Gasteiger partial charge < -0.3 is 39.6 Å². The molecule has 56 heavy (non-hydrogen) atoms. The van der Waals surface area contributed by atoms with Crippen LogP contribution in [0.25, 0.3) is 0 Å². The van der Waals surface area contributed by atoms with E-state index in [2.05, 4.69) is 5.32 Å². The van der Waals surface area contributed by atoms with E-state index in [1.807, 2.05) is 0 Å². The van der Waals surface area contributed by atoms with E-state index >= 15 is 0 Å². The first kappa shape index (κ1) is 41.0. The summed E-state index contributed by atoms with van der Waals surface area (Å²) < 4.78 is 24.5. The molecule has 2 bridgehead atoms. The topological polar surface area (TPSA) is 195 Å². The number of nitrogens with one attached hydrogen (secondary N) is 1. The molecule has 4 N–H and O–H groups in total. The Morgan fingerprint density at radius 3 is 2.14 bits per heavy atom. The van der Waals surface area contributed by atoms with E-state index < -0.39 is 101 Å². The maximum atomic E-state index is 14.9. The summed E-state index contributed by atoms with van der Waals surface area (Å²) >= 11 is 0. The summed E-state index contributed by atoms with van der Waals surface area (Å²) in [4.78, 5) is 68.8. The van der Waals surface area contributed by atoms with Crippen molar-refractivity contribution in [1.82, 2.24) is 5.32 Å². The number of Topliss-reactive ketones (excluding diaryl/α,β-unsaturated/α-hetero) is 1. The van der Waals surface area contributed by atoms with Gasteiger partial charge in [-0.05, 0) is 68.4 Å². The third-order valence-electron chi connectivity index (χ3n) is 12.8. The van der Waals surface area contributed by atoms with E-state index in [1.165, 1.54) is 13.8 Å². The summed E-state index contributed by atoms with van der Waals surface area (Å²) in [5.41, 5.74) is -2.90. The van der Waals surface area contributed by atoms with E-state index in [1.54, 1.807) is 101 Å². The van der Waals surface area contributed by atoms with Gasteiger partial charge >= 0.3 is 17.9 Å². The van der Waals surface area contributed by atoms with Crippen molar-refractivity contribution in [3.63, 3.8) is 0 Å². The number of aliphatic hydroxyl groups is 3. The fourth-order valence-corrected chi connectivity index (χ4v) is 9.59. The largest absolute Gasteiger partial charge is 0.458 e. The van der Waals surface area contributed by atoms with Crippen LogP contribution < -0.4 is 5.32 Å². The first-order valence-electron chi connectivity index (χ1n) is 19.0. The van der Waals surface area contributed by atoms with Crippen LogP contribution in [0.4, 0.5) is 0 Å². The molecule has 0 unspecified atom stereocenters. The van der Waals surface area contributed by atoms with Gasteiger partial charge in [-0.1, -0.05) is 68.5 Å². The molecule has 3 aliphatic carbocycles. The number of hydrogen-bond acceptors (Lipinski definition) is 12. The zero-order valence-corrected chi connectivity index (χ0v) is 32.7. The van der Waals surface area contributed by atoms with Crippen molar-refractivity contribution >= 4 is 29.6 Å². The quantitative estimate of drug-likeness (QED) is 0.125. The standard InChI is InChI=1S/C43H51NO12/c1-8-22(2)38(50)44-32(25-15-11-9-12-16-25)34(48)40(52)54-28-19-27-35(55-39(51)26-17-13-10-14-18-26)36-42(7,37(49)33(47)31(23(28)3)41(27,5)6)29(46)20-30-43(36,21-53-30)56-24(4)45/h8-18,27-30,32-36,46-48H,19-21H2,1-7H3,(H,44,50)/b22-8+/t27-,28-,29-,30+,32-,33+,34+,35+,36-,42+,43-/m0/s1. The number of hydrogen-bond donors (Lipinski definition) is 4. The van der Waals surface area contributed by atoms with Gasteiger partial charge in [0.1, 0.15) is 24.4 Å². The molecule has 6 rings (SSSR count). The molecule has 13 nitrogen and oxygen atoms in total. The minimum absolute atomic E-state index is 0.0289. The Bertz CT molecular complexity index is 1940. The van der Waals surface area contributed by atoms with E-state index in [-0.39, 0.29) is 30.6 Å². The lowest BCUT2D eigenvalue weighted by atomic mass is 9.46. The van der Waals surface area contributed by atoms with Crippen LogP contribution in [0.2, 0.25) is 0 Å². The van der Waals surface area contributed by atoms with E-state index in [0.717, 1.165) is 0 Å². The fourth-order valence-electron chi connectivity index (χ4n) is 9.59. The Morgan fingerprint density at radius 1 is 0.946 bits per heavy atom. The molecule has 2 aromatic rings. The number of fused-ring (bicyclic) bond motifs is 5. The van der Waals surface area contributed by atoms with Crippen LogP contribution in [-0.4, -0.2) is 93.7 Å². The van der Waals surface area contributed by atoms with Crippen molar-refractivity contribution in [3.05, 3.63) is 94.6 Å². The highest BCUT2D eigenvalue weighted by molar-refractivity contribution is 5.94. The van der Waals surface area contributed by atoms with Gasteiger partial charge in [-0.25, -0.2) is 9.59 Å². The second-order valence-electron chi connectivity index (χ2n) is 16.2. The van der Waals surface area contributed by atoms with Gasteiger partial charge in [0.25, 0.3) is 0 Å². The molecule has 1 saturated heterocycles. The van der Waals surface area contributed by atoms with Crippen molar-refractivity contribution in [2.45, 2.75) is 110 Å². The van der Waals surface area contributed by atoms with Crippen molar-refractivity contribution in [2.75, 3.05) is 6.61 Å². The van der Waals surface area contributed by atoms with E-state index in [0.29, 0.717) is 16.7 Å². The van der Waals surface area contributed by atoms with Crippen LogP contribution in [-0.2, 0) is 38.1 Å². The minimum Gasteiger partial charge on any atom is -0.458 e. The zero-order chi connectivity index (χ0) is 40.9. The molecular formula is C43H51NO12. The summed E-state index contributed by atoms with van der Waals surface area (Å²) in [5, 5.41) is 38.3. The van der Waals surface area contributed by atoms with Gasteiger partial charge in [-0.2, -0.15) is 0 Å². The van der Waals surface area contributed by atoms with Gasteiger partial charge in [0, 0.05) is 24.8 Å². The zero-order valence-electron chi connectivity index (χ0n) is 32.7. The summed E-state index contributed by atoms with van der Waals surface area (Å²) in [7, 11) is 0. The monoisotopic (exact) mass is 773 g/mol. The summed E-state index contributed by atoms with van der Waals surface area (Å²) in [5.74, 6) is -5.86. The van der Waals surface area contributed by atoms with E-state index in [4.69, 9.17) is 18.9 Å². The predicted octanol–water partition coefficient (Wildman–Crippen LogP) is 3.70. The van der Waals surface area contributed by atoms with Crippen LogP contribution in [0, 0.1) is 22.7 Å². The molecule has 11 atom stereocenters.